The minimum Gasteiger partial charge on any atom is -0.468 e. The molecule has 1 fully saturated rings. The van der Waals surface area contributed by atoms with Crippen molar-refractivity contribution in [3.63, 3.8) is 0 Å². The lowest BCUT2D eigenvalue weighted by Gasteiger charge is -2.23. The van der Waals surface area contributed by atoms with E-state index >= 15 is 0 Å². The molecule has 1 aliphatic rings. The van der Waals surface area contributed by atoms with Crippen molar-refractivity contribution in [2.45, 2.75) is 19.8 Å². The lowest BCUT2D eigenvalue weighted by molar-refractivity contribution is -0.148. The largest absolute Gasteiger partial charge is 0.468 e. The van der Waals surface area contributed by atoms with Gasteiger partial charge in [-0.3, -0.25) is 14.4 Å². The van der Waals surface area contributed by atoms with E-state index < -0.39 is 5.97 Å². The van der Waals surface area contributed by atoms with Crippen molar-refractivity contribution < 1.29 is 19.1 Å². The second-order valence-electron chi connectivity index (χ2n) is 4.04. The first-order valence-corrected chi connectivity index (χ1v) is 5.70. The molecule has 0 aromatic heterocycles. The zero-order valence-electron chi connectivity index (χ0n) is 10.2. The van der Waals surface area contributed by atoms with Gasteiger partial charge in [-0.25, -0.2) is 0 Å². The monoisotopic (exact) mass is 242 g/mol. The predicted octanol–water partition coefficient (Wildman–Crippen LogP) is -0.466. The molecule has 1 rings (SSSR count). The minimum absolute atomic E-state index is 0.0478. The molecule has 0 bridgehead atoms. The molecular formula is C11H18N2O4. The van der Waals surface area contributed by atoms with Crippen LogP contribution in [0.4, 0.5) is 0 Å². The summed E-state index contributed by atoms with van der Waals surface area (Å²) in [5, 5.41) is 2.61. The summed E-state index contributed by atoms with van der Waals surface area (Å²) in [4.78, 5) is 35.7. The molecule has 6 heteroatoms. The van der Waals surface area contributed by atoms with Gasteiger partial charge in [-0.1, -0.05) is 6.92 Å². The van der Waals surface area contributed by atoms with Gasteiger partial charge in [-0.05, 0) is 6.42 Å². The molecule has 17 heavy (non-hydrogen) atoms. The van der Waals surface area contributed by atoms with Crippen LogP contribution in [0.15, 0.2) is 0 Å². The third-order valence-corrected chi connectivity index (χ3v) is 2.68. The fraction of sp³-hybridized carbons (Fsp3) is 0.727. The van der Waals surface area contributed by atoms with Crippen molar-refractivity contribution in [2.24, 2.45) is 5.92 Å². The molecule has 0 aromatic rings. The van der Waals surface area contributed by atoms with Gasteiger partial charge in [0.1, 0.15) is 6.54 Å². The third kappa shape index (κ3) is 3.72. The van der Waals surface area contributed by atoms with Gasteiger partial charge in [0.2, 0.25) is 11.8 Å². The first-order chi connectivity index (χ1) is 8.08. The van der Waals surface area contributed by atoms with Gasteiger partial charge in [0.25, 0.3) is 0 Å². The topological polar surface area (TPSA) is 75.7 Å². The highest BCUT2D eigenvalue weighted by Gasteiger charge is 2.31. The molecule has 0 aliphatic carbocycles. The van der Waals surface area contributed by atoms with Crippen molar-refractivity contribution >= 4 is 17.8 Å². The summed E-state index contributed by atoms with van der Waals surface area (Å²) in [5.74, 6) is -1.06. The first-order valence-electron chi connectivity index (χ1n) is 5.70. The fourth-order valence-electron chi connectivity index (χ4n) is 1.80. The fourth-order valence-corrected chi connectivity index (χ4v) is 1.80. The first kappa shape index (κ1) is 13.5. The Morgan fingerprint density at radius 2 is 2.24 bits per heavy atom. The number of nitrogens with one attached hydrogen (secondary N) is 1. The molecule has 1 N–H and O–H groups in total. The van der Waals surface area contributed by atoms with E-state index in [1.807, 2.05) is 6.92 Å². The van der Waals surface area contributed by atoms with E-state index in [1.54, 1.807) is 0 Å². The van der Waals surface area contributed by atoms with Crippen LogP contribution in [-0.2, 0) is 19.1 Å². The summed E-state index contributed by atoms with van der Waals surface area (Å²) >= 11 is 0. The molecule has 0 aromatic carbocycles. The van der Waals surface area contributed by atoms with Gasteiger partial charge < -0.3 is 15.0 Å². The smallest absolute Gasteiger partial charge is 0.325 e. The summed E-state index contributed by atoms with van der Waals surface area (Å²) < 4.78 is 4.55. The lowest BCUT2D eigenvalue weighted by Crippen LogP contribution is -2.41. The van der Waals surface area contributed by atoms with Crippen LogP contribution in [0.25, 0.3) is 0 Å². The number of hydrogen-bond acceptors (Lipinski definition) is 4. The van der Waals surface area contributed by atoms with Crippen LogP contribution in [-0.4, -0.2) is 49.4 Å². The summed E-state index contributed by atoms with van der Waals surface area (Å²) in [6.07, 6.45) is 0.969. The Kier molecular flexibility index (Phi) is 4.93. The van der Waals surface area contributed by atoms with E-state index in [0.717, 1.165) is 6.42 Å². The van der Waals surface area contributed by atoms with Gasteiger partial charge in [0.05, 0.1) is 13.0 Å². The van der Waals surface area contributed by atoms with E-state index in [2.05, 4.69) is 10.1 Å². The molecule has 1 aliphatic heterocycles. The van der Waals surface area contributed by atoms with Crippen LogP contribution in [0.2, 0.25) is 0 Å². The third-order valence-electron chi connectivity index (χ3n) is 2.68. The Hall–Kier alpha value is -1.59. The van der Waals surface area contributed by atoms with Crippen molar-refractivity contribution in [1.29, 1.82) is 0 Å². The predicted molar refractivity (Wildman–Crippen MR) is 60.0 cm³/mol. The highest BCUT2D eigenvalue weighted by atomic mass is 16.5. The van der Waals surface area contributed by atoms with Crippen molar-refractivity contribution in [2.75, 3.05) is 26.7 Å². The van der Waals surface area contributed by atoms with Crippen LogP contribution in [0.1, 0.15) is 19.8 Å². The second kappa shape index (κ2) is 6.22. The van der Waals surface area contributed by atoms with E-state index in [0.29, 0.717) is 13.1 Å². The van der Waals surface area contributed by atoms with Crippen LogP contribution < -0.4 is 5.32 Å². The SMILES string of the molecule is CCCN(CC(=O)OC)C(=O)C1CNC(=O)C1. The Balaban J connectivity index is 2.59. The zero-order chi connectivity index (χ0) is 12.8. The number of hydrogen-bond donors (Lipinski definition) is 1. The number of ether oxygens (including phenoxy) is 1. The molecule has 0 radical (unpaired) electrons. The Labute approximate surface area is 100 Å². The van der Waals surface area contributed by atoms with Crippen molar-refractivity contribution in [3.05, 3.63) is 0 Å². The second-order valence-corrected chi connectivity index (χ2v) is 4.04. The summed E-state index contributed by atoms with van der Waals surface area (Å²) in [5.41, 5.74) is 0. The maximum absolute atomic E-state index is 12.1. The molecule has 96 valence electrons. The lowest BCUT2D eigenvalue weighted by atomic mass is 10.1. The van der Waals surface area contributed by atoms with Gasteiger partial charge in [0, 0.05) is 19.5 Å². The van der Waals surface area contributed by atoms with Crippen LogP contribution in [0.3, 0.4) is 0 Å². The van der Waals surface area contributed by atoms with Crippen molar-refractivity contribution in [1.82, 2.24) is 10.2 Å². The van der Waals surface area contributed by atoms with E-state index in [4.69, 9.17) is 0 Å². The average Bonchev–Trinajstić information content (AvgIpc) is 2.74. The number of rotatable bonds is 5. The maximum Gasteiger partial charge on any atom is 0.325 e. The normalized spacial score (nSPS) is 18.7. The molecule has 2 amide bonds. The summed E-state index contributed by atoms with van der Waals surface area (Å²) in [7, 11) is 1.29. The molecule has 0 spiro atoms. The molecule has 0 saturated carbocycles. The average molecular weight is 242 g/mol. The molecule has 1 unspecified atom stereocenters. The quantitative estimate of drug-likeness (QED) is 0.662. The standard InChI is InChI=1S/C11H18N2O4/c1-3-4-13(7-10(15)17-2)11(16)8-5-9(14)12-6-8/h8H,3-7H2,1-2H3,(H,12,14). The molecule has 1 heterocycles. The maximum atomic E-state index is 12.1. The molecule has 6 nitrogen and oxygen atoms in total. The van der Waals surface area contributed by atoms with Gasteiger partial charge in [-0.2, -0.15) is 0 Å². The zero-order valence-corrected chi connectivity index (χ0v) is 10.2. The van der Waals surface area contributed by atoms with Crippen LogP contribution in [0, 0.1) is 5.92 Å². The number of amides is 2. The van der Waals surface area contributed by atoms with Crippen LogP contribution in [0.5, 0.6) is 0 Å². The molecular weight excluding hydrogens is 224 g/mol. The van der Waals surface area contributed by atoms with E-state index in [9.17, 15) is 14.4 Å². The highest BCUT2D eigenvalue weighted by molar-refractivity contribution is 5.90. The molecule has 1 atom stereocenters. The van der Waals surface area contributed by atoms with Crippen LogP contribution >= 0.6 is 0 Å². The van der Waals surface area contributed by atoms with Gasteiger partial charge in [-0.15, -0.1) is 0 Å². The van der Waals surface area contributed by atoms with E-state index in [1.165, 1.54) is 12.0 Å². The number of esters is 1. The van der Waals surface area contributed by atoms with Gasteiger partial charge in [0.15, 0.2) is 0 Å². The number of nitrogens with zero attached hydrogens (tertiary/aromatic N) is 1. The molecule has 1 saturated heterocycles. The highest BCUT2D eigenvalue weighted by Crippen LogP contribution is 2.13. The van der Waals surface area contributed by atoms with Gasteiger partial charge >= 0.3 is 5.97 Å². The summed E-state index contributed by atoms with van der Waals surface area (Å²) in [6.45, 7) is 2.74. The Morgan fingerprint density at radius 3 is 2.71 bits per heavy atom. The minimum atomic E-state index is -0.441. The number of carbonyl (C=O) groups excluding carboxylic acids is 3. The Morgan fingerprint density at radius 1 is 1.53 bits per heavy atom. The van der Waals surface area contributed by atoms with E-state index in [-0.39, 0.29) is 30.7 Å². The number of carbonyl (C=O) groups is 3. The van der Waals surface area contributed by atoms with Crippen molar-refractivity contribution in [3.8, 4) is 0 Å². The Bertz CT molecular complexity index is 317. The number of methoxy groups -OCH3 is 1. The summed E-state index contributed by atoms with van der Waals surface area (Å²) in [6, 6.07) is 0.